The average molecular weight is 229 g/mol. The summed E-state index contributed by atoms with van der Waals surface area (Å²) in [6.45, 7) is 9.01. The summed E-state index contributed by atoms with van der Waals surface area (Å²) in [5, 5.41) is 18.1. The van der Waals surface area contributed by atoms with E-state index in [1.165, 1.54) is 0 Å². The van der Waals surface area contributed by atoms with Crippen LogP contribution in [0, 0.1) is 24.2 Å². The highest BCUT2D eigenvalue weighted by atomic mass is 16.4. The molecule has 0 aliphatic rings. The first-order valence-electron chi connectivity index (χ1n) is 5.48. The number of hydrogen-bond donors (Lipinski definition) is 2. The summed E-state index contributed by atoms with van der Waals surface area (Å²) < 4.78 is 0. The summed E-state index contributed by atoms with van der Waals surface area (Å²) in [5.41, 5.74) is -1.04. The molecule has 0 fully saturated rings. The minimum atomic E-state index is -1.04. The molecule has 0 aliphatic heterocycles. The van der Waals surface area contributed by atoms with Crippen molar-refractivity contribution in [1.29, 1.82) is 0 Å². The van der Waals surface area contributed by atoms with E-state index in [2.05, 4.69) is 6.92 Å². The van der Waals surface area contributed by atoms with Gasteiger partial charge in [-0.15, -0.1) is 0 Å². The Morgan fingerprint density at radius 3 is 2.06 bits per heavy atom. The van der Waals surface area contributed by atoms with Crippen molar-refractivity contribution < 1.29 is 19.8 Å². The molecule has 0 rings (SSSR count). The molecule has 93 valence electrons. The van der Waals surface area contributed by atoms with Crippen LogP contribution in [0.5, 0.6) is 0 Å². The van der Waals surface area contributed by atoms with Gasteiger partial charge in [0.15, 0.2) is 0 Å². The lowest BCUT2D eigenvalue weighted by atomic mass is 9.76. The van der Waals surface area contributed by atoms with Gasteiger partial charge < -0.3 is 10.2 Å². The fourth-order valence-corrected chi connectivity index (χ4v) is 1.68. The molecule has 0 amide bonds. The first kappa shape index (κ1) is 14.9. The predicted molar refractivity (Wildman–Crippen MR) is 60.9 cm³/mol. The van der Waals surface area contributed by atoms with Crippen LogP contribution in [0.1, 0.15) is 40.0 Å². The van der Waals surface area contributed by atoms with Crippen molar-refractivity contribution in [3.63, 3.8) is 0 Å². The molecule has 0 heterocycles. The number of rotatable bonds is 7. The highest BCUT2D eigenvalue weighted by Gasteiger charge is 2.36. The van der Waals surface area contributed by atoms with Gasteiger partial charge in [0.25, 0.3) is 0 Å². The van der Waals surface area contributed by atoms with Gasteiger partial charge >= 0.3 is 11.9 Å². The third kappa shape index (κ3) is 4.21. The standard InChI is InChI=1S/C12H21O4/c1-5-12(4,11(15)16)7-9(10(13)14)6-8(2)3/h8-9H,1,5-7H2,2-4H3,(H,13,14)(H,15,16). The molecule has 0 aromatic heterocycles. The van der Waals surface area contributed by atoms with Crippen LogP contribution in [-0.4, -0.2) is 22.2 Å². The lowest BCUT2D eigenvalue weighted by Gasteiger charge is -2.27. The molecule has 2 atom stereocenters. The van der Waals surface area contributed by atoms with Crippen LogP contribution in [0.3, 0.4) is 0 Å². The van der Waals surface area contributed by atoms with Gasteiger partial charge in [0, 0.05) is 0 Å². The molecule has 16 heavy (non-hydrogen) atoms. The third-order valence-electron chi connectivity index (χ3n) is 2.87. The molecule has 0 spiro atoms. The van der Waals surface area contributed by atoms with Crippen LogP contribution in [0.15, 0.2) is 0 Å². The lowest BCUT2D eigenvalue weighted by molar-refractivity contribution is -0.151. The van der Waals surface area contributed by atoms with Crippen LogP contribution in [0.4, 0.5) is 0 Å². The zero-order valence-corrected chi connectivity index (χ0v) is 10.2. The molecule has 0 aromatic carbocycles. The van der Waals surface area contributed by atoms with Crippen molar-refractivity contribution in [3.05, 3.63) is 6.92 Å². The SMILES string of the molecule is [CH2]CC(C)(CC(CC(C)C)C(=O)O)C(=O)O. The molecule has 1 radical (unpaired) electrons. The van der Waals surface area contributed by atoms with Crippen LogP contribution in [-0.2, 0) is 9.59 Å². The van der Waals surface area contributed by atoms with Crippen LogP contribution < -0.4 is 0 Å². The molecule has 0 bridgehead atoms. The second kappa shape index (κ2) is 5.87. The number of hydrogen-bond acceptors (Lipinski definition) is 2. The maximum absolute atomic E-state index is 11.1. The van der Waals surface area contributed by atoms with Crippen LogP contribution >= 0.6 is 0 Å². The minimum absolute atomic E-state index is 0.138. The van der Waals surface area contributed by atoms with Crippen molar-refractivity contribution in [2.45, 2.75) is 40.0 Å². The number of carboxylic acids is 2. The molecule has 0 aromatic rings. The number of carboxylic acid groups (broad SMARTS) is 2. The Balaban J connectivity index is 4.72. The largest absolute Gasteiger partial charge is 0.481 e. The molecule has 4 nitrogen and oxygen atoms in total. The van der Waals surface area contributed by atoms with Gasteiger partial charge in [0.05, 0.1) is 11.3 Å². The Labute approximate surface area is 96.7 Å². The summed E-state index contributed by atoms with van der Waals surface area (Å²) in [7, 11) is 0. The molecule has 0 saturated carbocycles. The van der Waals surface area contributed by atoms with Gasteiger partial charge in [-0.3, -0.25) is 9.59 Å². The predicted octanol–water partition coefficient (Wildman–Crippen LogP) is 2.44. The Morgan fingerprint density at radius 1 is 1.31 bits per heavy atom. The van der Waals surface area contributed by atoms with Gasteiger partial charge in [-0.05, 0) is 32.1 Å². The summed E-state index contributed by atoms with van der Waals surface area (Å²) in [4.78, 5) is 22.1. The molecule has 2 unspecified atom stereocenters. The Morgan fingerprint density at radius 2 is 1.81 bits per heavy atom. The van der Waals surface area contributed by atoms with E-state index in [4.69, 9.17) is 10.2 Å². The Bertz CT molecular complexity index is 260. The van der Waals surface area contributed by atoms with Gasteiger partial charge in [0.1, 0.15) is 0 Å². The maximum atomic E-state index is 11.1. The fourth-order valence-electron chi connectivity index (χ4n) is 1.68. The van der Waals surface area contributed by atoms with E-state index in [1.807, 2.05) is 13.8 Å². The normalized spacial score (nSPS) is 16.8. The second-order valence-electron chi connectivity index (χ2n) is 4.98. The zero-order valence-electron chi connectivity index (χ0n) is 10.2. The molecule has 4 heteroatoms. The first-order valence-corrected chi connectivity index (χ1v) is 5.48. The Kier molecular flexibility index (Phi) is 5.48. The van der Waals surface area contributed by atoms with E-state index in [0.29, 0.717) is 6.42 Å². The van der Waals surface area contributed by atoms with Gasteiger partial charge in [0.2, 0.25) is 0 Å². The number of carbonyl (C=O) groups is 2. The smallest absolute Gasteiger partial charge is 0.309 e. The van der Waals surface area contributed by atoms with Gasteiger partial charge in [-0.1, -0.05) is 20.8 Å². The summed E-state index contributed by atoms with van der Waals surface area (Å²) >= 11 is 0. The highest BCUT2D eigenvalue weighted by molar-refractivity contribution is 5.76. The van der Waals surface area contributed by atoms with Crippen molar-refractivity contribution in [3.8, 4) is 0 Å². The summed E-state index contributed by atoms with van der Waals surface area (Å²) in [5.74, 6) is -2.26. The fraction of sp³-hybridized carbons (Fsp3) is 0.750. The number of aliphatic carboxylic acids is 2. The van der Waals surface area contributed by atoms with Crippen molar-refractivity contribution >= 4 is 11.9 Å². The van der Waals surface area contributed by atoms with E-state index in [9.17, 15) is 9.59 Å². The van der Waals surface area contributed by atoms with Crippen LogP contribution in [0.2, 0.25) is 0 Å². The van der Waals surface area contributed by atoms with Crippen molar-refractivity contribution in [2.24, 2.45) is 17.3 Å². The van der Waals surface area contributed by atoms with Crippen molar-refractivity contribution in [1.82, 2.24) is 0 Å². The third-order valence-corrected chi connectivity index (χ3v) is 2.87. The molecular formula is C12H21O4. The van der Waals surface area contributed by atoms with E-state index in [0.717, 1.165) is 0 Å². The van der Waals surface area contributed by atoms with Gasteiger partial charge in [-0.2, -0.15) is 0 Å². The minimum Gasteiger partial charge on any atom is -0.481 e. The first-order chi connectivity index (χ1) is 7.23. The van der Waals surface area contributed by atoms with E-state index < -0.39 is 23.3 Å². The summed E-state index contributed by atoms with van der Waals surface area (Å²) in [6.07, 6.45) is 0.835. The summed E-state index contributed by atoms with van der Waals surface area (Å²) in [6, 6.07) is 0. The molecule has 0 aliphatic carbocycles. The van der Waals surface area contributed by atoms with Crippen LogP contribution in [0.25, 0.3) is 0 Å². The topological polar surface area (TPSA) is 74.6 Å². The average Bonchev–Trinajstić information content (AvgIpc) is 2.15. The monoisotopic (exact) mass is 229 g/mol. The maximum Gasteiger partial charge on any atom is 0.309 e. The highest BCUT2D eigenvalue weighted by Crippen LogP contribution is 2.32. The molecule has 2 N–H and O–H groups in total. The van der Waals surface area contributed by atoms with E-state index in [-0.39, 0.29) is 18.8 Å². The molecule has 0 saturated heterocycles. The second-order valence-corrected chi connectivity index (χ2v) is 4.98. The van der Waals surface area contributed by atoms with E-state index in [1.54, 1.807) is 6.92 Å². The lowest BCUT2D eigenvalue weighted by Crippen LogP contribution is -2.32. The molecular weight excluding hydrogens is 208 g/mol. The van der Waals surface area contributed by atoms with E-state index >= 15 is 0 Å². The quantitative estimate of drug-likeness (QED) is 0.703. The zero-order chi connectivity index (χ0) is 12.9. The Hall–Kier alpha value is -1.06. The van der Waals surface area contributed by atoms with Gasteiger partial charge in [-0.25, -0.2) is 0 Å². The van der Waals surface area contributed by atoms with Crippen molar-refractivity contribution in [2.75, 3.05) is 0 Å².